The molecule has 0 aromatic rings. The van der Waals surface area contributed by atoms with Crippen molar-refractivity contribution in [2.75, 3.05) is 0 Å². The van der Waals surface area contributed by atoms with E-state index in [1.807, 2.05) is 40.7 Å². The zero-order valence-corrected chi connectivity index (χ0v) is 9.31. The molecule has 0 spiro atoms. The lowest BCUT2D eigenvalue weighted by atomic mass is 10.2. The van der Waals surface area contributed by atoms with Crippen molar-refractivity contribution < 1.29 is 9.53 Å². The zero-order chi connectivity index (χ0) is 10.5. The van der Waals surface area contributed by atoms with E-state index >= 15 is 0 Å². The highest BCUT2D eigenvalue weighted by Crippen LogP contribution is 2.09. The van der Waals surface area contributed by atoms with E-state index in [-0.39, 0.29) is 11.6 Å². The van der Waals surface area contributed by atoms with Gasteiger partial charge in [0.2, 0.25) is 0 Å². The van der Waals surface area contributed by atoms with E-state index in [1.54, 1.807) is 0 Å². The first-order valence-electron chi connectivity index (χ1n) is 4.66. The Balaban J connectivity index is 3.71. The molecule has 76 valence electrons. The van der Waals surface area contributed by atoms with E-state index in [4.69, 9.17) is 4.74 Å². The van der Waals surface area contributed by atoms with Crippen LogP contribution in [0.25, 0.3) is 0 Å². The molecule has 0 aliphatic rings. The Morgan fingerprint density at radius 2 is 1.85 bits per heavy atom. The molecule has 0 rings (SSSR count). The second-order valence-corrected chi connectivity index (χ2v) is 4.41. The first-order chi connectivity index (χ1) is 5.81. The number of allylic oxidation sites excluding steroid dienone is 2. The summed E-state index contributed by atoms with van der Waals surface area (Å²) in [6.07, 6.45) is 3.30. The summed E-state index contributed by atoms with van der Waals surface area (Å²) in [6.45, 7) is 9.69. The molecule has 0 N–H and O–H groups in total. The minimum absolute atomic E-state index is 0.120. The van der Waals surface area contributed by atoms with Crippen molar-refractivity contribution in [3.05, 3.63) is 11.6 Å². The van der Waals surface area contributed by atoms with Crippen LogP contribution in [0.5, 0.6) is 0 Å². The summed E-state index contributed by atoms with van der Waals surface area (Å²) < 4.78 is 5.15. The Bertz CT molecular complexity index is 193. The molecule has 0 atom stereocenters. The van der Waals surface area contributed by atoms with E-state index in [1.165, 1.54) is 5.57 Å². The van der Waals surface area contributed by atoms with Gasteiger partial charge in [0, 0.05) is 6.42 Å². The van der Waals surface area contributed by atoms with E-state index < -0.39 is 0 Å². The van der Waals surface area contributed by atoms with Gasteiger partial charge in [-0.05, 0) is 41.0 Å². The van der Waals surface area contributed by atoms with Crippen molar-refractivity contribution in [3.8, 4) is 0 Å². The van der Waals surface area contributed by atoms with Crippen LogP contribution >= 0.6 is 0 Å². The lowest BCUT2D eigenvalue weighted by Crippen LogP contribution is -2.23. The number of hydrogen-bond acceptors (Lipinski definition) is 2. The standard InChI is InChI=1S/C11H20O2/c1-9(2)7-6-8-10(12)13-11(3,4)5/h7H,6,8H2,1-5H3. The molecule has 0 aliphatic carbocycles. The van der Waals surface area contributed by atoms with Crippen LogP contribution in [-0.4, -0.2) is 11.6 Å². The molecular formula is C11H20O2. The Labute approximate surface area is 81.0 Å². The summed E-state index contributed by atoms with van der Waals surface area (Å²) in [5.41, 5.74) is 0.880. The van der Waals surface area contributed by atoms with Gasteiger partial charge in [0.15, 0.2) is 0 Å². The Kier molecular flexibility index (Phi) is 4.74. The molecular weight excluding hydrogens is 164 g/mol. The molecule has 13 heavy (non-hydrogen) atoms. The lowest BCUT2D eigenvalue weighted by molar-refractivity contribution is -0.154. The molecule has 0 radical (unpaired) electrons. The Hall–Kier alpha value is -0.790. The Morgan fingerprint density at radius 3 is 2.23 bits per heavy atom. The van der Waals surface area contributed by atoms with Crippen LogP contribution in [-0.2, 0) is 9.53 Å². The molecule has 0 saturated heterocycles. The Morgan fingerprint density at radius 1 is 1.31 bits per heavy atom. The number of ether oxygens (including phenoxy) is 1. The second kappa shape index (κ2) is 5.05. The number of carbonyl (C=O) groups excluding carboxylic acids is 1. The minimum Gasteiger partial charge on any atom is -0.460 e. The molecule has 0 amide bonds. The molecule has 0 aromatic carbocycles. The summed E-state index contributed by atoms with van der Waals surface area (Å²) in [4.78, 5) is 11.2. The second-order valence-electron chi connectivity index (χ2n) is 4.41. The fourth-order valence-corrected chi connectivity index (χ4v) is 0.871. The van der Waals surface area contributed by atoms with Gasteiger partial charge in [-0.3, -0.25) is 4.79 Å². The van der Waals surface area contributed by atoms with Gasteiger partial charge in [-0.15, -0.1) is 0 Å². The molecule has 0 fully saturated rings. The van der Waals surface area contributed by atoms with E-state index in [0.717, 1.165) is 6.42 Å². The number of rotatable bonds is 3. The van der Waals surface area contributed by atoms with Crippen molar-refractivity contribution in [2.45, 2.75) is 53.1 Å². The first kappa shape index (κ1) is 12.2. The molecule has 0 heterocycles. The van der Waals surface area contributed by atoms with Crippen molar-refractivity contribution in [3.63, 3.8) is 0 Å². The van der Waals surface area contributed by atoms with Crippen LogP contribution in [0.4, 0.5) is 0 Å². The van der Waals surface area contributed by atoms with Crippen molar-refractivity contribution in [1.29, 1.82) is 0 Å². The molecule has 0 bridgehead atoms. The SMILES string of the molecule is CC(C)=CCCC(=O)OC(C)(C)C. The predicted molar refractivity (Wildman–Crippen MR) is 54.5 cm³/mol. The van der Waals surface area contributed by atoms with Gasteiger partial charge in [-0.1, -0.05) is 11.6 Å². The molecule has 0 unspecified atom stereocenters. The zero-order valence-electron chi connectivity index (χ0n) is 9.31. The van der Waals surface area contributed by atoms with E-state index in [2.05, 4.69) is 0 Å². The summed E-state index contributed by atoms with van der Waals surface area (Å²) in [5, 5.41) is 0. The topological polar surface area (TPSA) is 26.3 Å². The highest BCUT2D eigenvalue weighted by atomic mass is 16.6. The average molecular weight is 184 g/mol. The van der Waals surface area contributed by atoms with Crippen molar-refractivity contribution in [1.82, 2.24) is 0 Å². The number of esters is 1. The van der Waals surface area contributed by atoms with Crippen LogP contribution in [0, 0.1) is 0 Å². The third-order valence-corrected chi connectivity index (χ3v) is 1.32. The summed E-state index contributed by atoms with van der Waals surface area (Å²) in [6, 6.07) is 0. The van der Waals surface area contributed by atoms with Crippen LogP contribution in [0.15, 0.2) is 11.6 Å². The molecule has 0 aromatic heterocycles. The third-order valence-electron chi connectivity index (χ3n) is 1.32. The van der Waals surface area contributed by atoms with Gasteiger partial charge in [-0.2, -0.15) is 0 Å². The first-order valence-corrected chi connectivity index (χ1v) is 4.66. The minimum atomic E-state index is -0.359. The van der Waals surface area contributed by atoms with Gasteiger partial charge < -0.3 is 4.74 Å². The van der Waals surface area contributed by atoms with Crippen LogP contribution in [0.2, 0.25) is 0 Å². The maximum Gasteiger partial charge on any atom is 0.306 e. The highest BCUT2D eigenvalue weighted by molar-refractivity contribution is 5.70. The van der Waals surface area contributed by atoms with Gasteiger partial charge in [-0.25, -0.2) is 0 Å². The summed E-state index contributed by atoms with van der Waals surface area (Å²) >= 11 is 0. The predicted octanol–water partition coefficient (Wildman–Crippen LogP) is 3.07. The van der Waals surface area contributed by atoms with Crippen LogP contribution in [0.1, 0.15) is 47.5 Å². The number of carbonyl (C=O) groups is 1. The smallest absolute Gasteiger partial charge is 0.306 e. The van der Waals surface area contributed by atoms with Gasteiger partial charge in [0.1, 0.15) is 5.60 Å². The normalized spacial score (nSPS) is 10.8. The summed E-state index contributed by atoms with van der Waals surface area (Å²) in [5.74, 6) is -0.120. The molecule has 0 aliphatic heterocycles. The number of hydrogen-bond donors (Lipinski definition) is 0. The monoisotopic (exact) mass is 184 g/mol. The van der Waals surface area contributed by atoms with E-state index in [0.29, 0.717) is 6.42 Å². The fourth-order valence-electron chi connectivity index (χ4n) is 0.871. The highest BCUT2D eigenvalue weighted by Gasteiger charge is 2.14. The molecule has 2 heteroatoms. The van der Waals surface area contributed by atoms with Crippen LogP contribution in [0.3, 0.4) is 0 Å². The summed E-state index contributed by atoms with van der Waals surface area (Å²) in [7, 11) is 0. The van der Waals surface area contributed by atoms with Gasteiger partial charge >= 0.3 is 5.97 Å². The van der Waals surface area contributed by atoms with Crippen LogP contribution < -0.4 is 0 Å². The fraction of sp³-hybridized carbons (Fsp3) is 0.727. The van der Waals surface area contributed by atoms with Crippen molar-refractivity contribution in [2.24, 2.45) is 0 Å². The molecule has 2 nitrogen and oxygen atoms in total. The van der Waals surface area contributed by atoms with Crippen molar-refractivity contribution >= 4 is 5.97 Å². The van der Waals surface area contributed by atoms with Gasteiger partial charge in [0.25, 0.3) is 0 Å². The van der Waals surface area contributed by atoms with Gasteiger partial charge in [0.05, 0.1) is 0 Å². The quantitative estimate of drug-likeness (QED) is 0.497. The maximum atomic E-state index is 11.2. The lowest BCUT2D eigenvalue weighted by Gasteiger charge is -2.19. The maximum absolute atomic E-state index is 11.2. The average Bonchev–Trinajstić information content (AvgIpc) is 1.81. The third kappa shape index (κ3) is 9.12. The van der Waals surface area contributed by atoms with E-state index in [9.17, 15) is 4.79 Å². The molecule has 0 saturated carbocycles. The largest absolute Gasteiger partial charge is 0.460 e.